The Balaban J connectivity index is 2.15. The lowest BCUT2D eigenvalue weighted by Crippen LogP contribution is -2.44. The summed E-state index contributed by atoms with van der Waals surface area (Å²) in [7, 11) is 0. The number of hydrogen-bond acceptors (Lipinski definition) is 2. The zero-order valence-electron chi connectivity index (χ0n) is 11.0. The summed E-state index contributed by atoms with van der Waals surface area (Å²) in [5.74, 6) is 2.44. The minimum atomic E-state index is 0.0274. The first-order valence-corrected chi connectivity index (χ1v) is 7.84. The first-order valence-electron chi connectivity index (χ1n) is 6.51. The van der Waals surface area contributed by atoms with Gasteiger partial charge in [-0.15, -0.1) is 11.6 Å². The molecule has 1 heterocycles. The van der Waals surface area contributed by atoms with Crippen LogP contribution in [0.25, 0.3) is 0 Å². The minimum absolute atomic E-state index is 0.0274. The summed E-state index contributed by atoms with van der Waals surface area (Å²) in [6, 6.07) is 2.09. The normalized spacial score (nSPS) is 28.1. The quantitative estimate of drug-likeness (QED) is 0.808. The minimum Gasteiger partial charge on any atom is -0.363 e. The molecule has 0 unspecified atom stereocenters. The van der Waals surface area contributed by atoms with Crippen molar-refractivity contribution in [2.75, 3.05) is 11.2 Å². The highest BCUT2D eigenvalue weighted by atomic mass is 79.9. The molecule has 0 aliphatic heterocycles. The summed E-state index contributed by atoms with van der Waals surface area (Å²) in [5, 5.41) is 3.60. The predicted octanol–water partition coefficient (Wildman–Crippen LogP) is 4.75. The topological polar surface area (TPSA) is 24.9 Å². The summed E-state index contributed by atoms with van der Waals surface area (Å²) in [5.41, 5.74) is 1.19. The van der Waals surface area contributed by atoms with E-state index in [2.05, 4.69) is 46.1 Å². The molecule has 0 saturated heterocycles. The Morgan fingerprint density at radius 3 is 2.72 bits per heavy atom. The third-order valence-corrected chi connectivity index (χ3v) is 4.86. The zero-order valence-corrected chi connectivity index (χ0v) is 13.3. The lowest BCUT2D eigenvalue weighted by Gasteiger charge is -2.39. The van der Waals surface area contributed by atoms with Crippen molar-refractivity contribution in [2.45, 2.75) is 45.1 Å². The van der Waals surface area contributed by atoms with Gasteiger partial charge < -0.3 is 5.32 Å². The van der Waals surface area contributed by atoms with Crippen molar-refractivity contribution in [1.29, 1.82) is 0 Å². The van der Waals surface area contributed by atoms with E-state index in [1.165, 1.54) is 12.8 Å². The summed E-state index contributed by atoms with van der Waals surface area (Å²) >= 11 is 9.66. The van der Waals surface area contributed by atoms with E-state index >= 15 is 0 Å². The van der Waals surface area contributed by atoms with Crippen molar-refractivity contribution in [2.24, 2.45) is 5.92 Å². The molecule has 2 rings (SSSR count). The third-order valence-electron chi connectivity index (χ3n) is 3.92. The van der Waals surface area contributed by atoms with Gasteiger partial charge in [-0.05, 0) is 66.1 Å². The molecular weight excluding hydrogens is 312 g/mol. The van der Waals surface area contributed by atoms with Gasteiger partial charge in [0, 0.05) is 16.5 Å². The number of alkyl halides is 1. The molecule has 1 saturated carbocycles. The molecule has 18 heavy (non-hydrogen) atoms. The van der Waals surface area contributed by atoms with E-state index in [-0.39, 0.29) is 5.54 Å². The van der Waals surface area contributed by atoms with Gasteiger partial charge in [-0.1, -0.05) is 6.92 Å². The van der Waals surface area contributed by atoms with Gasteiger partial charge in [0.05, 0.1) is 5.54 Å². The molecule has 1 N–H and O–H groups in total. The van der Waals surface area contributed by atoms with Gasteiger partial charge in [0.25, 0.3) is 0 Å². The van der Waals surface area contributed by atoms with Gasteiger partial charge in [0.2, 0.25) is 0 Å². The Bertz CT molecular complexity index is 414. The predicted molar refractivity (Wildman–Crippen MR) is 81.4 cm³/mol. The average Bonchev–Trinajstić information content (AvgIpc) is 2.36. The van der Waals surface area contributed by atoms with Gasteiger partial charge in [0.1, 0.15) is 5.82 Å². The molecule has 1 aromatic rings. The largest absolute Gasteiger partial charge is 0.363 e. The van der Waals surface area contributed by atoms with Gasteiger partial charge in [-0.25, -0.2) is 4.98 Å². The molecule has 2 nitrogen and oxygen atoms in total. The highest BCUT2D eigenvalue weighted by Gasteiger charge is 2.33. The zero-order chi connectivity index (χ0) is 13.2. The maximum Gasteiger partial charge on any atom is 0.129 e. The van der Waals surface area contributed by atoms with Crippen molar-refractivity contribution in [3.05, 3.63) is 22.3 Å². The van der Waals surface area contributed by atoms with E-state index in [1.54, 1.807) is 0 Å². The lowest BCUT2D eigenvalue weighted by molar-refractivity contribution is 0.286. The van der Waals surface area contributed by atoms with E-state index in [0.717, 1.165) is 34.6 Å². The monoisotopic (exact) mass is 330 g/mol. The second-order valence-corrected chi connectivity index (χ2v) is 6.72. The highest BCUT2D eigenvalue weighted by molar-refractivity contribution is 9.10. The van der Waals surface area contributed by atoms with Crippen LogP contribution in [0.4, 0.5) is 5.82 Å². The van der Waals surface area contributed by atoms with E-state index in [9.17, 15) is 0 Å². The van der Waals surface area contributed by atoms with E-state index in [1.807, 2.05) is 6.20 Å². The molecule has 1 aromatic heterocycles. The molecule has 0 bridgehead atoms. The lowest BCUT2D eigenvalue weighted by atomic mass is 9.78. The summed E-state index contributed by atoms with van der Waals surface area (Å²) in [6.07, 6.45) is 6.59. The van der Waals surface area contributed by atoms with E-state index in [0.29, 0.717) is 5.88 Å². The molecule has 1 aliphatic rings. The van der Waals surface area contributed by atoms with Crippen LogP contribution < -0.4 is 5.32 Å². The Labute approximate surface area is 123 Å². The number of aromatic nitrogens is 1. The molecule has 4 heteroatoms. The number of aryl methyl sites for hydroxylation is 1. The number of pyridine rings is 1. The Kier molecular flexibility index (Phi) is 4.54. The molecule has 0 amide bonds. The summed E-state index contributed by atoms with van der Waals surface area (Å²) in [4.78, 5) is 4.47. The van der Waals surface area contributed by atoms with Crippen LogP contribution in [-0.4, -0.2) is 16.4 Å². The fourth-order valence-electron chi connectivity index (χ4n) is 2.53. The first-order chi connectivity index (χ1) is 8.54. The van der Waals surface area contributed by atoms with Crippen molar-refractivity contribution in [1.82, 2.24) is 4.98 Å². The molecule has 0 aromatic carbocycles. The maximum absolute atomic E-state index is 6.22. The van der Waals surface area contributed by atoms with Crippen LogP contribution in [0.5, 0.6) is 0 Å². The molecule has 100 valence electrons. The Hall–Kier alpha value is -0.280. The molecule has 0 radical (unpaired) electrons. The fourth-order valence-corrected chi connectivity index (χ4v) is 3.31. The van der Waals surface area contributed by atoms with Crippen molar-refractivity contribution >= 4 is 33.3 Å². The van der Waals surface area contributed by atoms with Gasteiger partial charge in [-0.3, -0.25) is 0 Å². The van der Waals surface area contributed by atoms with Crippen LogP contribution in [-0.2, 0) is 0 Å². The highest BCUT2D eigenvalue weighted by Crippen LogP contribution is 2.35. The number of hydrogen-bond donors (Lipinski definition) is 1. The SMILES string of the molecule is Cc1cc(Br)cnc1NC1(CCl)CCC(C)CC1. The van der Waals surface area contributed by atoms with Gasteiger partial charge in [0.15, 0.2) is 0 Å². The molecule has 1 fully saturated rings. The molecule has 1 aliphatic carbocycles. The molecular formula is C14H20BrClN2. The van der Waals surface area contributed by atoms with Gasteiger partial charge in [-0.2, -0.15) is 0 Å². The van der Waals surface area contributed by atoms with Crippen LogP contribution in [0.2, 0.25) is 0 Å². The van der Waals surface area contributed by atoms with Gasteiger partial charge >= 0.3 is 0 Å². The average molecular weight is 332 g/mol. The van der Waals surface area contributed by atoms with Crippen LogP contribution in [0, 0.1) is 12.8 Å². The third kappa shape index (κ3) is 3.18. The smallest absolute Gasteiger partial charge is 0.129 e. The second-order valence-electron chi connectivity index (χ2n) is 5.54. The van der Waals surface area contributed by atoms with E-state index < -0.39 is 0 Å². The molecule has 0 atom stereocenters. The first kappa shape index (κ1) is 14.1. The number of nitrogens with zero attached hydrogens (tertiary/aromatic N) is 1. The number of halogens is 2. The van der Waals surface area contributed by atoms with E-state index in [4.69, 9.17) is 11.6 Å². The van der Waals surface area contributed by atoms with Crippen LogP contribution in [0.3, 0.4) is 0 Å². The van der Waals surface area contributed by atoms with Crippen molar-refractivity contribution in [3.8, 4) is 0 Å². The molecule has 0 spiro atoms. The van der Waals surface area contributed by atoms with Crippen LogP contribution in [0.1, 0.15) is 38.2 Å². The number of rotatable bonds is 3. The maximum atomic E-state index is 6.22. The fraction of sp³-hybridized carbons (Fsp3) is 0.643. The Morgan fingerprint density at radius 1 is 1.50 bits per heavy atom. The Morgan fingerprint density at radius 2 is 2.17 bits per heavy atom. The standard InChI is InChI=1S/C14H20BrClN2/c1-10-3-5-14(9-16,6-4-10)18-13-11(2)7-12(15)8-17-13/h7-8,10H,3-6,9H2,1-2H3,(H,17,18). The summed E-state index contributed by atoms with van der Waals surface area (Å²) in [6.45, 7) is 4.40. The van der Waals surface area contributed by atoms with Crippen molar-refractivity contribution < 1.29 is 0 Å². The summed E-state index contributed by atoms with van der Waals surface area (Å²) < 4.78 is 1.02. The second kappa shape index (κ2) is 5.79. The number of nitrogens with one attached hydrogen (secondary N) is 1. The van der Waals surface area contributed by atoms with Crippen LogP contribution in [0.15, 0.2) is 16.7 Å². The van der Waals surface area contributed by atoms with Crippen molar-refractivity contribution in [3.63, 3.8) is 0 Å². The number of anilines is 1. The van der Waals surface area contributed by atoms with Crippen LogP contribution >= 0.6 is 27.5 Å².